The Balaban J connectivity index is 1.26. The first-order valence-corrected chi connectivity index (χ1v) is 15.4. The first-order chi connectivity index (χ1) is 19.4. The van der Waals surface area contributed by atoms with Crippen LogP contribution in [0.15, 0.2) is 58.4 Å². The van der Waals surface area contributed by atoms with E-state index in [1.165, 1.54) is 15.3 Å². The molecule has 0 atom stereocenters. The van der Waals surface area contributed by atoms with Gasteiger partial charge in [-0.1, -0.05) is 48.0 Å². The fourth-order valence-corrected chi connectivity index (χ4v) is 6.54. The number of carbonyl (C=O) groups is 2. The minimum absolute atomic E-state index is 0.0763. The standard InChI is InChI=1S/C29H37ClN4O6S/c1-29(2,3)40-28(36)33-16-15-31-27(33)22-11-9-21(10-12-22)19-32(4)26(35)20-39-18-17-34(23-13-14-23)41(37,38)25-8-6-5-7-24(25)30/h5-12,23H,13-20H2,1-4H3. The van der Waals surface area contributed by atoms with Crippen molar-refractivity contribution in [3.05, 3.63) is 64.7 Å². The Labute approximate surface area is 246 Å². The van der Waals surface area contributed by atoms with Crippen molar-refractivity contribution in [1.29, 1.82) is 0 Å². The summed E-state index contributed by atoms with van der Waals surface area (Å²) in [7, 11) is -2.08. The summed E-state index contributed by atoms with van der Waals surface area (Å²) in [5.74, 6) is 0.345. The Kier molecular flexibility index (Phi) is 9.73. The quantitative estimate of drug-likeness (QED) is 0.356. The topological polar surface area (TPSA) is 109 Å². The van der Waals surface area contributed by atoms with E-state index in [-0.39, 0.29) is 41.6 Å². The van der Waals surface area contributed by atoms with Gasteiger partial charge < -0.3 is 14.4 Å². The van der Waals surface area contributed by atoms with Crippen molar-refractivity contribution in [3.63, 3.8) is 0 Å². The number of aliphatic imine (C=N–C) groups is 1. The summed E-state index contributed by atoms with van der Waals surface area (Å²) < 4.78 is 38.8. The van der Waals surface area contributed by atoms with Crippen LogP contribution in [0, 0.1) is 0 Å². The zero-order valence-electron chi connectivity index (χ0n) is 23.9. The van der Waals surface area contributed by atoms with E-state index in [4.69, 9.17) is 21.1 Å². The van der Waals surface area contributed by atoms with Gasteiger partial charge in [-0.25, -0.2) is 13.2 Å². The molecule has 1 aliphatic carbocycles. The van der Waals surface area contributed by atoms with Crippen LogP contribution in [0.1, 0.15) is 44.7 Å². The highest BCUT2D eigenvalue weighted by molar-refractivity contribution is 7.89. The van der Waals surface area contributed by atoms with Crippen LogP contribution in [-0.4, -0.2) is 91.9 Å². The Morgan fingerprint density at radius 3 is 2.41 bits per heavy atom. The molecule has 4 rings (SSSR count). The molecule has 2 aliphatic rings. The summed E-state index contributed by atoms with van der Waals surface area (Å²) >= 11 is 6.15. The Hall–Kier alpha value is -2.99. The van der Waals surface area contributed by atoms with Gasteiger partial charge in [-0.15, -0.1) is 0 Å². The van der Waals surface area contributed by atoms with Gasteiger partial charge in [0.25, 0.3) is 0 Å². The molecule has 0 saturated heterocycles. The monoisotopic (exact) mass is 604 g/mol. The molecule has 1 fully saturated rings. The number of hydrogen-bond acceptors (Lipinski definition) is 7. The highest BCUT2D eigenvalue weighted by atomic mass is 35.5. The van der Waals surface area contributed by atoms with Crippen LogP contribution in [0.2, 0.25) is 5.02 Å². The van der Waals surface area contributed by atoms with Gasteiger partial charge in [-0.2, -0.15) is 4.31 Å². The van der Waals surface area contributed by atoms with Crippen molar-refractivity contribution in [1.82, 2.24) is 14.1 Å². The Bertz CT molecular complexity index is 1390. The van der Waals surface area contributed by atoms with E-state index in [0.29, 0.717) is 25.5 Å². The van der Waals surface area contributed by atoms with E-state index < -0.39 is 21.7 Å². The molecule has 1 heterocycles. The molecule has 0 aromatic heterocycles. The van der Waals surface area contributed by atoms with Crippen molar-refractivity contribution in [2.75, 3.05) is 39.9 Å². The maximum Gasteiger partial charge on any atom is 0.416 e. The van der Waals surface area contributed by atoms with E-state index in [0.717, 1.165) is 24.0 Å². The number of ether oxygens (including phenoxy) is 2. The third kappa shape index (κ3) is 8.06. The number of sulfonamides is 1. The lowest BCUT2D eigenvalue weighted by molar-refractivity contribution is -0.135. The smallest absolute Gasteiger partial charge is 0.416 e. The highest BCUT2D eigenvalue weighted by Crippen LogP contribution is 2.34. The first-order valence-electron chi connectivity index (χ1n) is 13.6. The second-order valence-electron chi connectivity index (χ2n) is 11.1. The second kappa shape index (κ2) is 12.9. The maximum absolute atomic E-state index is 13.2. The fraction of sp³-hybridized carbons (Fsp3) is 0.483. The molecule has 12 heteroatoms. The van der Waals surface area contributed by atoms with Crippen LogP contribution in [0.5, 0.6) is 0 Å². The van der Waals surface area contributed by atoms with Crippen molar-refractivity contribution < 1.29 is 27.5 Å². The SMILES string of the molecule is CN(Cc1ccc(C2=NCCN2C(=O)OC(C)(C)C)cc1)C(=O)COCCN(C1CC1)S(=O)(=O)c1ccccc1Cl. The van der Waals surface area contributed by atoms with Gasteiger partial charge in [0.15, 0.2) is 0 Å². The summed E-state index contributed by atoms with van der Waals surface area (Å²) in [6.45, 7) is 6.87. The van der Waals surface area contributed by atoms with Gasteiger partial charge >= 0.3 is 6.09 Å². The van der Waals surface area contributed by atoms with Gasteiger partial charge in [0.1, 0.15) is 22.9 Å². The number of benzene rings is 2. The van der Waals surface area contributed by atoms with Crippen LogP contribution in [-0.2, 0) is 30.8 Å². The van der Waals surface area contributed by atoms with Gasteiger partial charge in [-0.05, 0) is 51.3 Å². The first kappa shape index (κ1) is 31.0. The fourth-order valence-electron chi connectivity index (χ4n) is 4.38. The van der Waals surface area contributed by atoms with Crippen molar-refractivity contribution in [2.24, 2.45) is 4.99 Å². The Morgan fingerprint density at radius 2 is 1.78 bits per heavy atom. The number of likely N-dealkylation sites (N-methyl/N-ethyl adjacent to an activating group) is 1. The lowest BCUT2D eigenvalue weighted by atomic mass is 10.1. The predicted molar refractivity (Wildman–Crippen MR) is 156 cm³/mol. The zero-order chi connectivity index (χ0) is 29.8. The molecule has 0 spiro atoms. The molecule has 222 valence electrons. The van der Waals surface area contributed by atoms with Gasteiger partial charge in [-0.3, -0.25) is 14.7 Å². The average molecular weight is 605 g/mol. The number of amides is 2. The highest BCUT2D eigenvalue weighted by Gasteiger charge is 2.38. The number of halogens is 1. The third-order valence-corrected chi connectivity index (χ3v) is 9.02. The van der Waals surface area contributed by atoms with Crippen LogP contribution in [0.3, 0.4) is 0 Å². The van der Waals surface area contributed by atoms with E-state index in [2.05, 4.69) is 4.99 Å². The molecular formula is C29H37ClN4O6S. The van der Waals surface area contributed by atoms with Crippen molar-refractivity contribution in [2.45, 2.75) is 56.7 Å². The number of rotatable bonds is 11. The molecule has 0 radical (unpaired) electrons. The largest absolute Gasteiger partial charge is 0.443 e. The van der Waals surface area contributed by atoms with E-state index in [9.17, 15) is 18.0 Å². The average Bonchev–Trinajstić information content (AvgIpc) is 3.61. The molecule has 0 N–H and O–H groups in total. The molecule has 41 heavy (non-hydrogen) atoms. The molecule has 1 saturated carbocycles. The molecule has 2 aromatic carbocycles. The molecular weight excluding hydrogens is 568 g/mol. The van der Waals surface area contributed by atoms with Crippen LogP contribution >= 0.6 is 11.6 Å². The second-order valence-corrected chi connectivity index (χ2v) is 13.4. The van der Waals surface area contributed by atoms with Gasteiger partial charge in [0.05, 0.1) is 24.7 Å². The summed E-state index contributed by atoms with van der Waals surface area (Å²) in [5, 5.41) is 0.181. The Morgan fingerprint density at radius 1 is 1.10 bits per heavy atom. The molecule has 2 amide bonds. The lowest BCUT2D eigenvalue weighted by Crippen LogP contribution is -2.39. The molecule has 0 bridgehead atoms. The summed E-state index contributed by atoms with van der Waals surface area (Å²) in [6.07, 6.45) is 1.15. The number of carbonyl (C=O) groups excluding carboxylic acids is 2. The van der Waals surface area contributed by atoms with Crippen LogP contribution in [0.25, 0.3) is 0 Å². The summed E-state index contributed by atoms with van der Waals surface area (Å²) in [6, 6.07) is 13.8. The van der Waals surface area contributed by atoms with Gasteiger partial charge in [0.2, 0.25) is 15.9 Å². The van der Waals surface area contributed by atoms with Crippen molar-refractivity contribution >= 4 is 39.5 Å². The lowest BCUT2D eigenvalue weighted by Gasteiger charge is -2.25. The number of hydrogen-bond donors (Lipinski definition) is 0. The third-order valence-electron chi connectivity index (χ3n) is 6.57. The molecule has 2 aromatic rings. The minimum Gasteiger partial charge on any atom is -0.443 e. The van der Waals surface area contributed by atoms with Crippen molar-refractivity contribution in [3.8, 4) is 0 Å². The maximum atomic E-state index is 13.2. The minimum atomic E-state index is -3.76. The van der Waals surface area contributed by atoms with E-state index in [1.807, 2.05) is 45.0 Å². The van der Waals surface area contributed by atoms with E-state index >= 15 is 0 Å². The number of nitrogens with zero attached hydrogens (tertiary/aromatic N) is 4. The van der Waals surface area contributed by atoms with E-state index in [1.54, 1.807) is 30.1 Å². The predicted octanol–water partition coefficient (Wildman–Crippen LogP) is 4.17. The zero-order valence-corrected chi connectivity index (χ0v) is 25.4. The van der Waals surface area contributed by atoms with Gasteiger partial charge in [0, 0.05) is 31.7 Å². The summed E-state index contributed by atoms with van der Waals surface area (Å²) in [4.78, 5) is 32.9. The molecule has 1 aliphatic heterocycles. The normalized spacial score (nSPS) is 15.7. The molecule has 10 nitrogen and oxygen atoms in total. The number of amidine groups is 1. The van der Waals surface area contributed by atoms with Crippen LogP contribution < -0.4 is 0 Å². The summed E-state index contributed by atoms with van der Waals surface area (Å²) in [5.41, 5.74) is 1.10. The molecule has 0 unspecified atom stereocenters. The van der Waals surface area contributed by atoms with Crippen LogP contribution in [0.4, 0.5) is 4.79 Å².